The van der Waals surface area contributed by atoms with E-state index in [9.17, 15) is 5.11 Å². The number of H-pyrrole nitrogens is 1. The highest BCUT2D eigenvalue weighted by Gasteiger charge is 2.36. The Hall–Kier alpha value is -1.40. The van der Waals surface area contributed by atoms with Crippen molar-refractivity contribution >= 4 is 11.6 Å². The number of aromatic nitrogens is 2. The fraction of sp³-hybridized carbons (Fsp3) is 0.438. The second-order valence-corrected chi connectivity index (χ2v) is 6.22. The number of benzene rings is 1. The van der Waals surface area contributed by atoms with Gasteiger partial charge in [-0.3, -0.25) is 10.00 Å². The zero-order valence-electron chi connectivity index (χ0n) is 12.3. The molecule has 1 aromatic carbocycles. The average Bonchev–Trinajstić information content (AvgIpc) is 3.03. The molecule has 0 amide bonds. The minimum Gasteiger partial charge on any atom is -0.393 e. The van der Waals surface area contributed by atoms with Crippen LogP contribution in [0.15, 0.2) is 36.5 Å². The second-order valence-electron chi connectivity index (χ2n) is 5.79. The number of aromatic amines is 1. The van der Waals surface area contributed by atoms with Gasteiger partial charge in [0.2, 0.25) is 0 Å². The number of hydrogen-bond donors (Lipinski definition) is 2. The van der Waals surface area contributed by atoms with Crippen LogP contribution in [0.2, 0.25) is 5.02 Å². The zero-order valence-corrected chi connectivity index (χ0v) is 13.1. The molecule has 1 aliphatic heterocycles. The van der Waals surface area contributed by atoms with Crippen LogP contribution >= 0.6 is 11.6 Å². The minimum absolute atomic E-state index is 0.00486. The Morgan fingerprint density at radius 2 is 2.14 bits per heavy atom. The lowest BCUT2D eigenvalue weighted by Crippen LogP contribution is -2.55. The maximum absolute atomic E-state index is 9.90. The number of rotatable bonds is 5. The molecule has 2 N–H and O–H groups in total. The molecule has 22 heavy (non-hydrogen) atoms. The lowest BCUT2D eigenvalue weighted by molar-refractivity contribution is -0.134. The third-order valence-electron chi connectivity index (χ3n) is 4.01. The van der Waals surface area contributed by atoms with E-state index in [-0.39, 0.29) is 6.61 Å². The summed E-state index contributed by atoms with van der Waals surface area (Å²) in [6, 6.07) is 9.67. The number of aliphatic hydroxyl groups is 1. The molecule has 2 aromatic rings. The largest absolute Gasteiger partial charge is 0.393 e. The molecule has 0 aliphatic carbocycles. The van der Waals surface area contributed by atoms with Crippen molar-refractivity contribution in [3.8, 4) is 0 Å². The van der Waals surface area contributed by atoms with Gasteiger partial charge < -0.3 is 9.84 Å². The predicted octanol–water partition coefficient (Wildman–Crippen LogP) is 1.87. The van der Waals surface area contributed by atoms with Gasteiger partial charge in [0, 0.05) is 43.0 Å². The van der Waals surface area contributed by atoms with Crippen molar-refractivity contribution < 1.29 is 9.84 Å². The Bertz CT molecular complexity index is 588. The summed E-state index contributed by atoms with van der Waals surface area (Å²) in [4.78, 5) is 2.28. The van der Waals surface area contributed by atoms with Crippen molar-refractivity contribution in [2.75, 3.05) is 26.3 Å². The first-order chi connectivity index (χ1) is 10.7. The van der Waals surface area contributed by atoms with Gasteiger partial charge in [-0.1, -0.05) is 23.7 Å². The molecule has 0 bridgehead atoms. The molecular formula is C16H20ClN3O2. The summed E-state index contributed by atoms with van der Waals surface area (Å²) in [5.41, 5.74) is 1.62. The molecule has 1 fully saturated rings. The molecule has 2 heterocycles. The van der Waals surface area contributed by atoms with Gasteiger partial charge in [0.15, 0.2) is 0 Å². The first kappa shape index (κ1) is 15.5. The van der Waals surface area contributed by atoms with Gasteiger partial charge >= 0.3 is 0 Å². The van der Waals surface area contributed by atoms with E-state index in [1.54, 1.807) is 6.20 Å². The van der Waals surface area contributed by atoms with E-state index in [1.165, 1.54) is 0 Å². The van der Waals surface area contributed by atoms with Crippen molar-refractivity contribution in [3.63, 3.8) is 0 Å². The smallest absolute Gasteiger partial charge is 0.108 e. The van der Waals surface area contributed by atoms with Crippen LogP contribution in [0.25, 0.3) is 0 Å². The molecule has 3 rings (SSSR count). The van der Waals surface area contributed by atoms with Crippen molar-refractivity contribution in [1.82, 2.24) is 15.1 Å². The highest BCUT2D eigenvalue weighted by atomic mass is 35.5. The Morgan fingerprint density at radius 3 is 2.82 bits per heavy atom. The second kappa shape index (κ2) is 6.79. The summed E-state index contributed by atoms with van der Waals surface area (Å²) in [6.07, 6.45) is 2.42. The van der Waals surface area contributed by atoms with Crippen molar-refractivity contribution in [1.29, 1.82) is 0 Å². The maximum atomic E-state index is 9.90. The highest BCUT2D eigenvalue weighted by molar-refractivity contribution is 6.30. The number of hydrogen-bond acceptors (Lipinski definition) is 4. The van der Waals surface area contributed by atoms with Crippen molar-refractivity contribution in [2.45, 2.75) is 18.6 Å². The first-order valence-electron chi connectivity index (χ1n) is 7.39. The highest BCUT2D eigenvalue weighted by Crippen LogP contribution is 2.24. The van der Waals surface area contributed by atoms with Crippen LogP contribution in [0, 0.1) is 0 Å². The molecule has 0 radical (unpaired) electrons. The van der Waals surface area contributed by atoms with Crippen LogP contribution in [-0.2, 0) is 17.7 Å². The molecule has 1 saturated heterocycles. The number of ether oxygens (including phenoxy) is 1. The van der Waals surface area contributed by atoms with Gasteiger partial charge in [0.05, 0.1) is 13.2 Å². The summed E-state index contributed by atoms with van der Waals surface area (Å²) in [5.74, 6) is 0. The van der Waals surface area contributed by atoms with Gasteiger partial charge in [0.1, 0.15) is 5.60 Å². The molecule has 1 aliphatic rings. The lowest BCUT2D eigenvalue weighted by atomic mass is 9.93. The van der Waals surface area contributed by atoms with E-state index < -0.39 is 5.60 Å². The van der Waals surface area contributed by atoms with Crippen LogP contribution in [0.3, 0.4) is 0 Å². The van der Waals surface area contributed by atoms with Crippen LogP contribution in [0.4, 0.5) is 0 Å². The normalized spacial score (nSPS) is 22.8. The average molecular weight is 322 g/mol. The van der Waals surface area contributed by atoms with E-state index >= 15 is 0 Å². The van der Waals surface area contributed by atoms with Gasteiger partial charge in [-0.05, 0) is 23.8 Å². The van der Waals surface area contributed by atoms with Crippen LogP contribution in [0.1, 0.15) is 11.3 Å². The first-order valence-corrected chi connectivity index (χ1v) is 7.77. The van der Waals surface area contributed by atoms with Gasteiger partial charge in [-0.2, -0.15) is 5.10 Å². The topological polar surface area (TPSA) is 61.4 Å². The van der Waals surface area contributed by atoms with Crippen molar-refractivity contribution in [3.05, 3.63) is 52.8 Å². The Morgan fingerprint density at radius 1 is 1.32 bits per heavy atom. The van der Waals surface area contributed by atoms with E-state index in [4.69, 9.17) is 16.3 Å². The summed E-state index contributed by atoms with van der Waals surface area (Å²) >= 11 is 5.93. The quantitative estimate of drug-likeness (QED) is 0.882. The van der Waals surface area contributed by atoms with Crippen LogP contribution in [0.5, 0.6) is 0 Å². The molecule has 1 aromatic heterocycles. The fourth-order valence-corrected chi connectivity index (χ4v) is 3.03. The van der Waals surface area contributed by atoms with Gasteiger partial charge in [-0.25, -0.2) is 0 Å². The lowest BCUT2D eigenvalue weighted by Gasteiger charge is -2.41. The molecule has 1 atom stereocenters. The Labute approximate surface area is 134 Å². The summed E-state index contributed by atoms with van der Waals surface area (Å²) in [7, 11) is 0. The Kier molecular flexibility index (Phi) is 4.78. The molecule has 6 heteroatoms. The monoisotopic (exact) mass is 321 g/mol. The molecule has 1 unspecified atom stereocenters. The molecule has 0 spiro atoms. The SMILES string of the molecule is OCC1(Cc2ccc(Cl)cc2)CN(Cc2ccn[nH]2)CCO1. The third kappa shape index (κ3) is 3.67. The Balaban J connectivity index is 1.69. The molecule has 0 saturated carbocycles. The van der Waals surface area contributed by atoms with E-state index in [0.717, 1.165) is 24.3 Å². The number of nitrogens with zero attached hydrogens (tertiary/aromatic N) is 2. The summed E-state index contributed by atoms with van der Waals surface area (Å²) < 4.78 is 5.95. The molecule has 5 nitrogen and oxygen atoms in total. The van der Waals surface area contributed by atoms with Crippen LogP contribution < -0.4 is 0 Å². The summed E-state index contributed by atoms with van der Waals surface area (Å²) in [6.45, 7) is 2.93. The molecular weight excluding hydrogens is 302 g/mol. The summed E-state index contributed by atoms with van der Waals surface area (Å²) in [5, 5.41) is 17.6. The minimum atomic E-state index is -0.563. The molecule has 118 valence electrons. The van der Waals surface area contributed by atoms with E-state index in [0.29, 0.717) is 24.6 Å². The van der Waals surface area contributed by atoms with Crippen molar-refractivity contribution in [2.24, 2.45) is 0 Å². The van der Waals surface area contributed by atoms with Gasteiger partial charge in [0.25, 0.3) is 0 Å². The van der Waals surface area contributed by atoms with Crippen LogP contribution in [-0.4, -0.2) is 52.1 Å². The number of aliphatic hydroxyl groups excluding tert-OH is 1. The van der Waals surface area contributed by atoms with Gasteiger partial charge in [-0.15, -0.1) is 0 Å². The standard InChI is InChI=1S/C16H20ClN3O2/c17-14-3-1-13(2-4-14)9-16(12-21)11-20(7-8-22-16)10-15-5-6-18-19-15/h1-6,21H,7-12H2,(H,18,19). The van der Waals surface area contributed by atoms with E-state index in [2.05, 4.69) is 15.1 Å². The number of morpholine rings is 1. The van der Waals surface area contributed by atoms with E-state index in [1.807, 2.05) is 30.3 Å². The maximum Gasteiger partial charge on any atom is 0.108 e. The zero-order chi connectivity index (χ0) is 15.4. The fourth-order valence-electron chi connectivity index (χ4n) is 2.90. The number of nitrogens with one attached hydrogen (secondary N) is 1. The third-order valence-corrected chi connectivity index (χ3v) is 4.26. The number of halogens is 1. The predicted molar refractivity (Wildman–Crippen MR) is 84.8 cm³/mol.